The van der Waals surface area contributed by atoms with Gasteiger partial charge in [-0.15, -0.1) is 0 Å². The van der Waals surface area contributed by atoms with E-state index in [0.717, 1.165) is 17.9 Å². The van der Waals surface area contributed by atoms with Crippen molar-refractivity contribution in [3.8, 4) is 0 Å². The Morgan fingerprint density at radius 1 is 1.50 bits per heavy atom. The van der Waals surface area contributed by atoms with Crippen LogP contribution in [0.1, 0.15) is 32.4 Å². The molecule has 2 aromatic rings. The first kappa shape index (κ1) is 12.8. The molecule has 6 nitrogen and oxygen atoms in total. The minimum Gasteiger partial charge on any atom is -0.396 e. The lowest BCUT2D eigenvalue weighted by molar-refractivity contribution is 0.251. The second-order valence-electron chi connectivity index (χ2n) is 4.77. The molecule has 0 aliphatic heterocycles. The summed E-state index contributed by atoms with van der Waals surface area (Å²) in [6.45, 7) is 6.26. The summed E-state index contributed by atoms with van der Waals surface area (Å²) in [5.74, 6) is 1.44. The van der Waals surface area contributed by atoms with E-state index in [9.17, 15) is 0 Å². The molecule has 0 fully saturated rings. The van der Waals surface area contributed by atoms with E-state index in [4.69, 9.17) is 5.11 Å². The van der Waals surface area contributed by atoms with Gasteiger partial charge >= 0.3 is 0 Å². The number of anilines is 1. The summed E-state index contributed by atoms with van der Waals surface area (Å²) in [6, 6.07) is 1.94. The SMILES string of the molecule is CCC(C)(CCO)Nc1cc(C)nc2ncnn12. The Morgan fingerprint density at radius 2 is 2.28 bits per heavy atom. The van der Waals surface area contributed by atoms with E-state index in [0.29, 0.717) is 12.2 Å². The van der Waals surface area contributed by atoms with Crippen LogP contribution < -0.4 is 5.32 Å². The van der Waals surface area contributed by atoms with Gasteiger partial charge in [0.05, 0.1) is 0 Å². The third-order valence-corrected chi connectivity index (χ3v) is 3.25. The Hall–Kier alpha value is -1.69. The third-order valence-electron chi connectivity index (χ3n) is 3.25. The minimum atomic E-state index is -0.165. The molecule has 1 atom stereocenters. The average molecular weight is 249 g/mol. The zero-order chi connectivity index (χ0) is 13.2. The molecule has 0 saturated carbocycles. The molecule has 0 aromatic carbocycles. The van der Waals surface area contributed by atoms with Crippen molar-refractivity contribution in [2.75, 3.05) is 11.9 Å². The fourth-order valence-corrected chi connectivity index (χ4v) is 1.90. The molecule has 2 heterocycles. The maximum Gasteiger partial charge on any atom is 0.254 e. The van der Waals surface area contributed by atoms with E-state index in [1.807, 2.05) is 13.0 Å². The van der Waals surface area contributed by atoms with Crippen LogP contribution in [0.25, 0.3) is 5.78 Å². The molecule has 2 N–H and O–H groups in total. The Labute approximate surface area is 106 Å². The van der Waals surface area contributed by atoms with Crippen LogP contribution in [0.5, 0.6) is 0 Å². The second-order valence-corrected chi connectivity index (χ2v) is 4.77. The third kappa shape index (κ3) is 2.43. The number of nitrogens with one attached hydrogen (secondary N) is 1. The maximum absolute atomic E-state index is 9.15. The number of fused-ring (bicyclic) bond motifs is 1. The molecule has 2 aromatic heterocycles. The van der Waals surface area contributed by atoms with Gasteiger partial charge in [0, 0.05) is 23.9 Å². The molecule has 0 saturated heterocycles. The summed E-state index contributed by atoms with van der Waals surface area (Å²) in [7, 11) is 0. The quantitative estimate of drug-likeness (QED) is 0.837. The normalized spacial score (nSPS) is 14.7. The van der Waals surface area contributed by atoms with Gasteiger partial charge in [-0.1, -0.05) is 6.92 Å². The highest BCUT2D eigenvalue weighted by atomic mass is 16.3. The fraction of sp³-hybridized carbons (Fsp3) is 0.583. The van der Waals surface area contributed by atoms with Gasteiger partial charge in [0.1, 0.15) is 12.1 Å². The Morgan fingerprint density at radius 3 is 2.94 bits per heavy atom. The van der Waals surface area contributed by atoms with Gasteiger partial charge < -0.3 is 10.4 Å². The lowest BCUT2D eigenvalue weighted by atomic mass is 9.95. The van der Waals surface area contributed by atoms with Gasteiger partial charge in [-0.3, -0.25) is 0 Å². The molecule has 0 bridgehead atoms. The number of aliphatic hydroxyl groups excluding tert-OH is 1. The Balaban J connectivity index is 2.38. The first-order valence-electron chi connectivity index (χ1n) is 6.14. The lowest BCUT2D eigenvalue weighted by Crippen LogP contribution is -2.36. The number of aromatic nitrogens is 4. The van der Waals surface area contributed by atoms with Crippen molar-refractivity contribution in [3.63, 3.8) is 0 Å². The summed E-state index contributed by atoms with van der Waals surface area (Å²) in [4.78, 5) is 8.39. The van der Waals surface area contributed by atoms with Crippen LogP contribution in [0.15, 0.2) is 12.4 Å². The number of hydrogen-bond acceptors (Lipinski definition) is 5. The van der Waals surface area contributed by atoms with E-state index in [1.54, 1.807) is 4.52 Å². The largest absolute Gasteiger partial charge is 0.396 e. The van der Waals surface area contributed by atoms with Crippen LogP contribution in [-0.2, 0) is 0 Å². The Bertz CT molecular complexity index is 538. The molecular formula is C12H19N5O. The van der Waals surface area contributed by atoms with E-state index in [1.165, 1.54) is 6.33 Å². The van der Waals surface area contributed by atoms with Crippen molar-refractivity contribution in [2.24, 2.45) is 0 Å². The van der Waals surface area contributed by atoms with Gasteiger partial charge in [-0.2, -0.15) is 14.6 Å². The zero-order valence-corrected chi connectivity index (χ0v) is 11.0. The molecule has 2 rings (SSSR count). The van der Waals surface area contributed by atoms with Gasteiger partial charge in [-0.05, 0) is 26.7 Å². The van der Waals surface area contributed by atoms with Crippen molar-refractivity contribution >= 4 is 11.6 Å². The van der Waals surface area contributed by atoms with Crippen LogP contribution in [0, 0.1) is 6.92 Å². The van der Waals surface area contributed by atoms with E-state index in [2.05, 4.69) is 34.2 Å². The molecule has 18 heavy (non-hydrogen) atoms. The lowest BCUT2D eigenvalue weighted by Gasteiger charge is -2.30. The Kier molecular flexibility index (Phi) is 3.47. The molecular weight excluding hydrogens is 230 g/mol. The number of aliphatic hydroxyl groups is 1. The summed E-state index contributed by atoms with van der Waals surface area (Å²) in [5.41, 5.74) is 0.724. The molecule has 0 spiro atoms. The standard InChI is InChI=1S/C12H19N5O/c1-4-12(3,5-6-18)16-10-7-9(2)15-11-13-8-14-17(10)11/h7-8,16,18H,4-6H2,1-3H3. The number of hydrogen-bond donors (Lipinski definition) is 2. The van der Waals surface area contributed by atoms with Crippen molar-refractivity contribution in [1.82, 2.24) is 19.6 Å². The summed E-state index contributed by atoms with van der Waals surface area (Å²) < 4.78 is 1.68. The zero-order valence-electron chi connectivity index (χ0n) is 11.0. The summed E-state index contributed by atoms with van der Waals surface area (Å²) in [6.07, 6.45) is 3.08. The van der Waals surface area contributed by atoms with E-state index >= 15 is 0 Å². The second kappa shape index (κ2) is 4.89. The van der Waals surface area contributed by atoms with Crippen LogP contribution in [-0.4, -0.2) is 36.8 Å². The number of rotatable bonds is 5. The smallest absolute Gasteiger partial charge is 0.254 e. The highest BCUT2D eigenvalue weighted by molar-refractivity contribution is 5.46. The number of aryl methyl sites for hydroxylation is 1. The van der Waals surface area contributed by atoms with Gasteiger partial charge in [0.2, 0.25) is 0 Å². The average Bonchev–Trinajstić information content (AvgIpc) is 2.77. The molecule has 6 heteroatoms. The van der Waals surface area contributed by atoms with Gasteiger partial charge in [-0.25, -0.2) is 4.98 Å². The fourth-order valence-electron chi connectivity index (χ4n) is 1.90. The van der Waals surface area contributed by atoms with E-state index < -0.39 is 0 Å². The minimum absolute atomic E-state index is 0.155. The molecule has 0 radical (unpaired) electrons. The first-order valence-corrected chi connectivity index (χ1v) is 6.14. The molecule has 98 valence electrons. The molecule has 0 amide bonds. The molecule has 1 unspecified atom stereocenters. The topological polar surface area (TPSA) is 75.3 Å². The van der Waals surface area contributed by atoms with Crippen LogP contribution in [0.4, 0.5) is 5.82 Å². The number of nitrogens with zero attached hydrogens (tertiary/aromatic N) is 4. The van der Waals surface area contributed by atoms with Crippen LogP contribution >= 0.6 is 0 Å². The van der Waals surface area contributed by atoms with Crippen molar-refractivity contribution in [3.05, 3.63) is 18.1 Å². The highest BCUT2D eigenvalue weighted by Crippen LogP contribution is 2.22. The predicted octanol–water partition coefficient (Wildman–Crippen LogP) is 1.40. The van der Waals surface area contributed by atoms with Crippen LogP contribution in [0.3, 0.4) is 0 Å². The van der Waals surface area contributed by atoms with Crippen LogP contribution in [0.2, 0.25) is 0 Å². The van der Waals surface area contributed by atoms with Crippen molar-refractivity contribution in [2.45, 2.75) is 39.2 Å². The van der Waals surface area contributed by atoms with Crippen molar-refractivity contribution in [1.29, 1.82) is 0 Å². The maximum atomic E-state index is 9.15. The van der Waals surface area contributed by atoms with E-state index in [-0.39, 0.29) is 12.1 Å². The molecule has 0 aliphatic carbocycles. The van der Waals surface area contributed by atoms with Gasteiger partial charge in [0.25, 0.3) is 5.78 Å². The predicted molar refractivity (Wildman–Crippen MR) is 69.5 cm³/mol. The first-order chi connectivity index (χ1) is 8.58. The summed E-state index contributed by atoms with van der Waals surface area (Å²) >= 11 is 0. The monoisotopic (exact) mass is 249 g/mol. The van der Waals surface area contributed by atoms with Crippen molar-refractivity contribution < 1.29 is 5.11 Å². The highest BCUT2D eigenvalue weighted by Gasteiger charge is 2.22. The molecule has 0 aliphatic rings. The van der Waals surface area contributed by atoms with Gasteiger partial charge in [0.15, 0.2) is 0 Å². The summed E-state index contributed by atoms with van der Waals surface area (Å²) in [5, 5.41) is 16.7.